The Morgan fingerprint density at radius 2 is 1.90 bits per heavy atom. The van der Waals surface area contributed by atoms with Gasteiger partial charge in [-0.1, -0.05) is 12.1 Å². The quantitative estimate of drug-likeness (QED) is 0.636. The van der Waals surface area contributed by atoms with E-state index in [-0.39, 0.29) is 36.9 Å². The second kappa shape index (κ2) is 9.34. The summed E-state index contributed by atoms with van der Waals surface area (Å²) >= 11 is 0. The van der Waals surface area contributed by atoms with Crippen LogP contribution in [0.15, 0.2) is 30.3 Å². The third-order valence-electron chi connectivity index (χ3n) is 5.20. The molecule has 3 rings (SSSR count). The van der Waals surface area contributed by atoms with Gasteiger partial charge in [-0.3, -0.25) is 9.59 Å². The number of Topliss-reactive ketones (excluding diaryl/α,β-unsaturated/α-hetero) is 1. The molecule has 1 aromatic heterocycles. The molecule has 30 heavy (non-hydrogen) atoms. The van der Waals surface area contributed by atoms with Gasteiger partial charge in [0.05, 0.1) is 13.6 Å². The lowest BCUT2D eigenvalue weighted by atomic mass is 10.1. The Kier molecular flexibility index (Phi) is 6.82. The topological polar surface area (TPSA) is 74.0 Å². The fraction of sp³-hybridized carbons (Fsp3) is 0.478. The summed E-state index contributed by atoms with van der Waals surface area (Å²) in [4.78, 5) is 25.7. The first-order chi connectivity index (χ1) is 14.2. The van der Waals surface area contributed by atoms with Gasteiger partial charge >= 0.3 is 0 Å². The van der Waals surface area contributed by atoms with Crippen molar-refractivity contribution in [3.63, 3.8) is 0 Å². The second-order valence-corrected chi connectivity index (χ2v) is 8.35. The smallest absolute Gasteiger partial charge is 0.275 e. The third kappa shape index (κ3) is 5.21. The van der Waals surface area contributed by atoms with Crippen LogP contribution in [0.4, 0.5) is 0 Å². The van der Waals surface area contributed by atoms with Crippen LogP contribution in [-0.2, 0) is 11.3 Å². The average Bonchev–Trinajstić information content (AvgIpc) is 2.95. The Labute approximate surface area is 178 Å². The Morgan fingerprint density at radius 1 is 1.20 bits per heavy atom. The van der Waals surface area contributed by atoms with Crippen molar-refractivity contribution in [3.05, 3.63) is 47.3 Å². The van der Waals surface area contributed by atoms with Gasteiger partial charge in [-0.25, -0.2) is 0 Å². The summed E-state index contributed by atoms with van der Waals surface area (Å²) in [6, 6.07) is 9.67. The highest BCUT2D eigenvalue weighted by molar-refractivity contribution is 5.98. The normalized spacial score (nSPS) is 16.4. The molecule has 0 spiro atoms. The Morgan fingerprint density at radius 3 is 2.60 bits per heavy atom. The summed E-state index contributed by atoms with van der Waals surface area (Å²) in [5.41, 5.74) is 2.63. The Bertz CT molecular complexity index is 919. The zero-order chi connectivity index (χ0) is 21.8. The molecule has 0 saturated heterocycles. The largest absolute Gasteiger partial charge is 0.486 e. The van der Waals surface area contributed by atoms with Crippen molar-refractivity contribution in [2.75, 3.05) is 26.7 Å². The van der Waals surface area contributed by atoms with E-state index < -0.39 is 0 Å². The second-order valence-electron chi connectivity index (χ2n) is 8.35. The lowest BCUT2D eigenvalue weighted by Gasteiger charge is -2.27. The van der Waals surface area contributed by atoms with Crippen LogP contribution in [0.1, 0.15) is 35.6 Å². The number of carbonyl (C=O) groups is 2. The van der Waals surface area contributed by atoms with Crippen molar-refractivity contribution in [2.45, 2.75) is 46.4 Å². The van der Waals surface area contributed by atoms with E-state index in [4.69, 9.17) is 9.47 Å². The lowest BCUT2D eigenvalue weighted by Crippen LogP contribution is -3.11. The van der Waals surface area contributed by atoms with Crippen LogP contribution in [0.5, 0.6) is 11.5 Å². The number of ether oxygens (including phenoxy) is 2. The van der Waals surface area contributed by atoms with E-state index >= 15 is 0 Å². The molecule has 7 heteroatoms. The summed E-state index contributed by atoms with van der Waals surface area (Å²) in [6.07, 6.45) is -0.124. The minimum atomic E-state index is -0.124. The van der Waals surface area contributed by atoms with E-state index in [1.165, 1.54) is 0 Å². The number of nitrogens with zero attached hydrogens (tertiary/aromatic N) is 1. The summed E-state index contributed by atoms with van der Waals surface area (Å²) < 4.78 is 14.0. The number of fused-ring (bicyclic) bond motifs is 1. The summed E-state index contributed by atoms with van der Waals surface area (Å²) in [6.45, 7) is 9.42. The molecule has 0 aliphatic carbocycles. The number of hydrogen-bond acceptors (Lipinski definition) is 4. The molecule has 162 valence electrons. The molecule has 1 aliphatic rings. The first-order valence-electron chi connectivity index (χ1n) is 10.4. The highest BCUT2D eigenvalue weighted by Gasteiger charge is 2.25. The van der Waals surface area contributed by atoms with E-state index in [0.29, 0.717) is 18.7 Å². The third-order valence-corrected chi connectivity index (χ3v) is 5.20. The first-order valence-corrected chi connectivity index (χ1v) is 10.4. The molecule has 2 heterocycles. The number of rotatable bonds is 8. The highest BCUT2D eigenvalue weighted by atomic mass is 16.6. The monoisotopic (exact) mass is 414 g/mol. The predicted molar refractivity (Wildman–Crippen MR) is 114 cm³/mol. The summed E-state index contributed by atoms with van der Waals surface area (Å²) in [7, 11) is 1.86. The van der Waals surface area contributed by atoms with Crippen LogP contribution in [0, 0.1) is 13.8 Å². The van der Waals surface area contributed by atoms with Gasteiger partial charge in [0.25, 0.3) is 5.91 Å². The minimum Gasteiger partial charge on any atom is -0.486 e. The van der Waals surface area contributed by atoms with Gasteiger partial charge in [-0.2, -0.15) is 0 Å². The predicted octanol–water partition coefficient (Wildman–Crippen LogP) is 1.17. The maximum Gasteiger partial charge on any atom is 0.275 e. The van der Waals surface area contributed by atoms with Crippen LogP contribution >= 0.6 is 0 Å². The van der Waals surface area contributed by atoms with E-state index in [0.717, 1.165) is 27.8 Å². The minimum absolute atomic E-state index is 0.0374. The molecule has 1 aliphatic heterocycles. The van der Waals surface area contributed by atoms with Crippen molar-refractivity contribution in [1.82, 2.24) is 9.88 Å². The van der Waals surface area contributed by atoms with Crippen LogP contribution in [0.2, 0.25) is 0 Å². The molecule has 2 N–H and O–H groups in total. The molecule has 1 unspecified atom stereocenters. The summed E-state index contributed by atoms with van der Waals surface area (Å²) in [5, 5.41) is 2.86. The van der Waals surface area contributed by atoms with Crippen LogP contribution in [0.25, 0.3) is 0 Å². The van der Waals surface area contributed by atoms with Crippen LogP contribution < -0.4 is 19.7 Å². The fourth-order valence-corrected chi connectivity index (χ4v) is 3.80. The zero-order valence-corrected chi connectivity index (χ0v) is 18.5. The lowest BCUT2D eigenvalue weighted by molar-refractivity contribution is -0.862. The average molecular weight is 415 g/mol. The molecular weight excluding hydrogens is 382 g/mol. The fourth-order valence-electron chi connectivity index (χ4n) is 3.80. The van der Waals surface area contributed by atoms with Crippen molar-refractivity contribution in [1.29, 1.82) is 0 Å². The molecule has 0 radical (unpaired) electrons. The number of carbonyl (C=O) groups excluding carboxylic acids is 2. The van der Waals surface area contributed by atoms with E-state index in [1.54, 1.807) is 0 Å². The maximum atomic E-state index is 12.9. The molecule has 2 atom stereocenters. The Hall–Kier alpha value is -2.80. The van der Waals surface area contributed by atoms with Crippen molar-refractivity contribution >= 4 is 11.7 Å². The van der Waals surface area contributed by atoms with Crippen molar-refractivity contribution < 1.29 is 24.0 Å². The zero-order valence-electron chi connectivity index (χ0n) is 18.5. The van der Waals surface area contributed by atoms with Crippen LogP contribution in [-0.4, -0.2) is 55.1 Å². The Balaban J connectivity index is 1.64. The number of aryl methyl sites for hydroxylation is 1. The molecular formula is C23H32N3O4+. The van der Waals surface area contributed by atoms with E-state index in [2.05, 4.69) is 9.88 Å². The van der Waals surface area contributed by atoms with Gasteiger partial charge in [0, 0.05) is 23.0 Å². The highest BCUT2D eigenvalue weighted by Crippen LogP contribution is 2.31. The molecule has 1 amide bonds. The van der Waals surface area contributed by atoms with E-state index in [1.807, 2.05) is 65.1 Å². The van der Waals surface area contributed by atoms with Crippen LogP contribution in [0.3, 0.4) is 0 Å². The van der Waals surface area contributed by atoms with Gasteiger partial charge in [-0.05, 0) is 45.9 Å². The van der Waals surface area contributed by atoms with Gasteiger partial charge in [-0.15, -0.1) is 0 Å². The number of amides is 1. The number of benzene rings is 1. The van der Waals surface area contributed by atoms with Gasteiger partial charge in [0.2, 0.25) is 5.78 Å². The van der Waals surface area contributed by atoms with Gasteiger partial charge in [0.1, 0.15) is 13.2 Å². The molecule has 0 fully saturated rings. The number of hydrogen-bond donors (Lipinski definition) is 2. The molecule has 0 saturated carbocycles. The van der Waals surface area contributed by atoms with E-state index in [9.17, 15) is 9.59 Å². The number of para-hydroxylation sites is 2. The number of ketones is 1. The first kappa shape index (κ1) is 21.9. The summed E-state index contributed by atoms with van der Waals surface area (Å²) in [5.74, 6) is 1.50. The van der Waals surface area contributed by atoms with Crippen molar-refractivity contribution in [3.8, 4) is 11.5 Å². The number of quaternary nitrogens is 1. The SMILES string of the molecule is Cc1cc(C(=O)C[NH+](C)CC(=O)NC(C)C)c(C)n1C[C@@H]1COc2ccccc2O1. The molecule has 7 nitrogen and oxygen atoms in total. The van der Waals surface area contributed by atoms with Gasteiger partial charge in [0.15, 0.2) is 24.1 Å². The number of nitrogens with one attached hydrogen (secondary N) is 2. The van der Waals surface area contributed by atoms with Gasteiger partial charge < -0.3 is 24.3 Å². The molecule has 2 aromatic rings. The van der Waals surface area contributed by atoms with Crippen molar-refractivity contribution in [2.24, 2.45) is 0 Å². The molecule has 0 bridgehead atoms. The number of likely N-dealkylation sites (N-methyl/N-ethyl adjacent to an activating group) is 1. The standard InChI is InChI=1S/C23H31N3O4/c1-15(2)24-23(28)13-25(5)12-20(27)19-10-16(3)26(17(19)4)11-18-14-29-21-8-6-7-9-22(21)30-18/h6-10,15,18H,11-14H2,1-5H3,(H,24,28)/p+1/t18-/m1/s1. The number of aromatic nitrogens is 1. The molecule has 1 aromatic carbocycles. The maximum absolute atomic E-state index is 12.9.